The van der Waals surface area contributed by atoms with Gasteiger partial charge in [0.2, 0.25) is 0 Å². The molecule has 1 aliphatic rings. The van der Waals surface area contributed by atoms with Crippen LogP contribution in [-0.2, 0) is 0 Å². The highest BCUT2D eigenvalue weighted by Crippen LogP contribution is 2.26. The standard InChI is InChI=1S/C17H16N6/c18-17-9-15(20-11-12-4-6-19-10-12)14-3-2-13(8-16(14)22-17)23-7-1-5-21-23/h1-3,5-10H,4,11H2,(H3,18,20,22). The Bertz CT molecular complexity index is 908. The summed E-state index contributed by atoms with van der Waals surface area (Å²) in [5.74, 6) is 0.495. The van der Waals surface area contributed by atoms with Gasteiger partial charge in [-0.2, -0.15) is 5.10 Å². The quantitative estimate of drug-likeness (QED) is 0.776. The number of pyridine rings is 1. The van der Waals surface area contributed by atoms with Crippen molar-refractivity contribution in [2.45, 2.75) is 6.42 Å². The normalized spacial score (nSPS) is 13.5. The Kier molecular flexibility index (Phi) is 3.27. The number of benzene rings is 1. The van der Waals surface area contributed by atoms with Crippen LogP contribution in [0.4, 0.5) is 11.5 Å². The summed E-state index contributed by atoms with van der Waals surface area (Å²) in [5.41, 5.74) is 10.00. The first-order valence-corrected chi connectivity index (χ1v) is 7.43. The van der Waals surface area contributed by atoms with Crippen LogP contribution in [0, 0.1) is 0 Å². The van der Waals surface area contributed by atoms with Gasteiger partial charge < -0.3 is 11.1 Å². The van der Waals surface area contributed by atoms with Crippen LogP contribution < -0.4 is 11.1 Å². The zero-order valence-electron chi connectivity index (χ0n) is 12.5. The van der Waals surface area contributed by atoms with Gasteiger partial charge in [-0.1, -0.05) is 0 Å². The van der Waals surface area contributed by atoms with E-state index in [4.69, 9.17) is 5.73 Å². The van der Waals surface area contributed by atoms with E-state index in [0.29, 0.717) is 5.82 Å². The molecule has 1 aromatic carbocycles. The molecular weight excluding hydrogens is 288 g/mol. The van der Waals surface area contributed by atoms with Crippen LogP contribution in [0.2, 0.25) is 0 Å². The highest BCUT2D eigenvalue weighted by atomic mass is 15.3. The highest BCUT2D eigenvalue weighted by Gasteiger charge is 2.08. The maximum atomic E-state index is 5.96. The van der Waals surface area contributed by atoms with Crippen molar-refractivity contribution in [1.82, 2.24) is 14.8 Å². The molecule has 3 N–H and O–H groups in total. The Morgan fingerprint density at radius 2 is 2.22 bits per heavy atom. The smallest absolute Gasteiger partial charge is 0.126 e. The third-order valence-electron chi connectivity index (χ3n) is 3.80. The SMILES string of the molecule is Nc1cc(NCC2=CN=CC2)c2ccc(-n3cccn3)cc2n1. The minimum Gasteiger partial charge on any atom is -0.384 e. The van der Waals surface area contributed by atoms with Gasteiger partial charge in [0.05, 0.1) is 11.2 Å². The zero-order chi connectivity index (χ0) is 15.6. The van der Waals surface area contributed by atoms with Crippen LogP contribution in [0.25, 0.3) is 16.6 Å². The molecule has 0 fully saturated rings. The number of anilines is 2. The number of nitrogens with zero attached hydrogens (tertiary/aromatic N) is 4. The average Bonchev–Trinajstić information content (AvgIpc) is 3.25. The number of fused-ring (bicyclic) bond motifs is 1. The minimum atomic E-state index is 0.495. The first-order chi connectivity index (χ1) is 11.3. The molecule has 6 heteroatoms. The summed E-state index contributed by atoms with van der Waals surface area (Å²) in [5, 5.41) is 8.72. The highest BCUT2D eigenvalue weighted by molar-refractivity contribution is 5.94. The van der Waals surface area contributed by atoms with Gasteiger partial charge in [0.15, 0.2) is 0 Å². The molecule has 4 rings (SSSR count). The van der Waals surface area contributed by atoms with Crippen molar-refractivity contribution in [2.24, 2.45) is 4.99 Å². The molecule has 0 spiro atoms. The summed E-state index contributed by atoms with van der Waals surface area (Å²) in [4.78, 5) is 8.57. The second-order valence-corrected chi connectivity index (χ2v) is 5.42. The van der Waals surface area contributed by atoms with Crippen molar-refractivity contribution in [1.29, 1.82) is 0 Å². The fourth-order valence-electron chi connectivity index (χ4n) is 2.65. The Morgan fingerprint density at radius 1 is 1.26 bits per heavy atom. The van der Waals surface area contributed by atoms with Crippen LogP contribution in [0.15, 0.2) is 59.5 Å². The van der Waals surface area contributed by atoms with E-state index in [1.165, 1.54) is 5.57 Å². The first kappa shape index (κ1) is 13.5. The summed E-state index contributed by atoms with van der Waals surface area (Å²) in [6.07, 6.45) is 8.36. The number of hydrogen-bond acceptors (Lipinski definition) is 5. The van der Waals surface area contributed by atoms with Crippen LogP contribution in [0.5, 0.6) is 0 Å². The number of nitrogens with two attached hydrogens (primary N) is 1. The largest absolute Gasteiger partial charge is 0.384 e. The van der Waals surface area contributed by atoms with Crippen molar-refractivity contribution in [3.05, 3.63) is 54.5 Å². The number of rotatable bonds is 4. The van der Waals surface area contributed by atoms with Crippen molar-refractivity contribution in [2.75, 3.05) is 17.6 Å². The number of nitrogen functional groups attached to an aromatic ring is 1. The number of aliphatic imine (C=N–C) groups is 1. The molecule has 0 atom stereocenters. The maximum Gasteiger partial charge on any atom is 0.126 e. The molecular formula is C17H16N6. The predicted octanol–water partition coefficient (Wildman–Crippen LogP) is 2.77. The van der Waals surface area contributed by atoms with Crippen molar-refractivity contribution < 1.29 is 0 Å². The third-order valence-corrected chi connectivity index (χ3v) is 3.80. The van der Waals surface area contributed by atoms with E-state index in [9.17, 15) is 0 Å². The fraction of sp³-hybridized carbons (Fsp3) is 0.118. The van der Waals surface area contributed by atoms with E-state index >= 15 is 0 Å². The van der Waals surface area contributed by atoms with Crippen molar-refractivity contribution in [3.63, 3.8) is 0 Å². The molecule has 3 heterocycles. The lowest BCUT2D eigenvalue weighted by Gasteiger charge is -2.12. The van der Waals surface area contributed by atoms with Crippen LogP contribution in [0.3, 0.4) is 0 Å². The molecule has 0 saturated heterocycles. The molecule has 3 aromatic rings. The number of hydrogen-bond donors (Lipinski definition) is 2. The average molecular weight is 304 g/mol. The molecule has 0 bridgehead atoms. The molecule has 0 radical (unpaired) electrons. The van der Waals surface area contributed by atoms with E-state index in [1.54, 1.807) is 10.9 Å². The fourth-order valence-corrected chi connectivity index (χ4v) is 2.65. The Balaban J connectivity index is 1.70. The van der Waals surface area contributed by atoms with E-state index in [2.05, 4.69) is 20.4 Å². The Hall–Kier alpha value is -3.15. The summed E-state index contributed by atoms with van der Waals surface area (Å²) in [6.45, 7) is 0.749. The zero-order valence-corrected chi connectivity index (χ0v) is 12.5. The molecule has 0 unspecified atom stereocenters. The number of nitrogens with one attached hydrogen (secondary N) is 1. The lowest BCUT2D eigenvalue weighted by molar-refractivity contribution is 0.882. The van der Waals surface area contributed by atoms with Gasteiger partial charge in [0.25, 0.3) is 0 Å². The van der Waals surface area contributed by atoms with Crippen molar-refractivity contribution in [3.8, 4) is 5.69 Å². The van der Waals surface area contributed by atoms with Crippen LogP contribution >= 0.6 is 0 Å². The van der Waals surface area contributed by atoms with Gasteiger partial charge in [-0.25, -0.2) is 9.67 Å². The van der Waals surface area contributed by atoms with E-state index in [1.807, 2.05) is 48.9 Å². The summed E-state index contributed by atoms with van der Waals surface area (Å²) in [7, 11) is 0. The summed E-state index contributed by atoms with van der Waals surface area (Å²) >= 11 is 0. The minimum absolute atomic E-state index is 0.495. The molecule has 0 aliphatic carbocycles. The van der Waals surface area contributed by atoms with Crippen LogP contribution in [-0.4, -0.2) is 27.5 Å². The van der Waals surface area contributed by atoms with Gasteiger partial charge in [-0.15, -0.1) is 0 Å². The summed E-state index contributed by atoms with van der Waals surface area (Å²) in [6, 6.07) is 9.81. The molecule has 2 aromatic heterocycles. The van der Waals surface area contributed by atoms with Crippen LogP contribution in [0.1, 0.15) is 6.42 Å². The Morgan fingerprint density at radius 3 is 3.00 bits per heavy atom. The lowest BCUT2D eigenvalue weighted by Crippen LogP contribution is -2.06. The first-order valence-electron chi connectivity index (χ1n) is 7.43. The predicted molar refractivity (Wildman–Crippen MR) is 93.0 cm³/mol. The van der Waals surface area contributed by atoms with Gasteiger partial charge in [-0.05, 0) is 29.8 Å². The molecule has 114 valence electrons. The van der Waals surface area contributed by atoms with Gasteiger partial charge in [-0.3, -0.25) is 4.99 Å². The second kappa shape index (κ2) is 5.57. The molecule has 23 heavy (non-hydrogen) atoms. The lowest BCUT2D eigenvalue weighted by atomic mass is 10.1. The van der Waals surface area contributed by atoms with Gasteiger partial charge in [0.1, 0.15) is 5.82 Å². The second-order valence-electron chi connectivity index (χ2n) is 5.42. The third kappa shape index (κ3) is 2.66. The van der Waals surface area contributed by atoms with Crippen molar-refractivity contribution >= 4 is 28.6 Å². The van der Waals surface area contributed by atoms with Gasteiger partial charge >= 0.3 is 0 Å². The molecule has 0 amide bonds. The molecule has 1 aliphatic heterocycles. The number of aromatic nitrogens is 3. The monoisotopic (exact) mass is 304 g/mol. The topological polar surface area (TPSA) is 81.1 Å². The van der Waals surface area contributed by atoms with E-state index in [-0.39, 0.29) is 0 Å². The van der Waals surface area contributed by atoms with E-state index in [0.717, 1.165) is 35.2 Å². The Labute approximate surface area is 133 Å². The summed E-state index contributed by atoms with van der Waals surface area (Å²) < 4.78 is 1.80. The van der Waals surface area contributed by atoms with Gasteiger partial charge in [0, 0.05) is 54.9 Å². The molecule has 6 nitrogen and oxygen atoms in total. The van der Waals surface area contributed by atoms with E-state index < -0.39 is 0 Å². The molecule has 0 saturated carbocycles. The maximum absolute atomic E-state index is 5.96.